The van der Waals surface area contributed by atoms with Crippen LogP contribution in [0.3, 0.4) is 0 Å². The summed E-state index contributed by atoms with van der Waals surface area (Å²) in [5, 5.41) is 3.34. The van der Waals surface area contributed by atoms with E-state index in [4.69, 9.17) is 5.53 Å². The molecular weight excluding hydrogens is 112 g/mol. The molecular formula is C7H16N2. The standard InChI is InChI=1S/C7H16N2/c1-3-4-5-7(2)6-9-8/h7-8H,3-6H2,1-2H3. The Morgan fingerprint density at radius 2 is 2.22 bits per heavy atom. The predicted molar refractivity (Wildman–Crippen MR) is 38.7 cm³/mol. The van der Waals surface area contributed by atoms with Gasteiger partial charge in [0, 0.05) is 0 Å². The Hall–Kier alpha value is -0.400. The van der Waals surface area contributed by atoms with Crippen molar-refractivity contribution < 1.29 is 0 Å². The summed E-state index contributed by atoms with van der Waals surface area (Å²) in [4.78, 5) is 0. The molecule has 2 nitrogen and oxygen atoms in total. The van der Waals surface area contributed by atoms with E-state index in [0.717, 1.165) is 0 Å². The number of nitrogens with one attached hydrogen (secondary N) is 1. The summed E-state index contributed by atoms with van der Waals surface area (Å²) in [7, 11) is 0. The monoisotopic (exact) mass is 128 g/mol. The summed E-state index contributed by atoms with van der Waals surface area (Å²) in [6, 6.07) is 0. The molecule has 0 aliphatic rings. The minimum atomic E-state index is 0.613. The van der Waals surface area contributed by atoms with Crippen molar-refractivity contribution >= 4 is 0 Å². The van der Waals surface area contributed by atoms with E-state index in [1.54, 1.807) is 0 Å². The highest BCUT2D eigenvalue weighted by Crippen LogP contribution is 2.06. The van der Waals surface area contributed by atoms with E-state index in [2.05, 4.69) is 19.0 Å². The number of rotatable bonds is 5. The fourth-order valence-electron chi connectivity index (χ4n) is 0.800. The second-order valence-corrected chi connectivity index (χ2v) is 2.59. The molecule has 0 aromatic carbocycles. The van der Waals surface area contributed by atoms with Crippen LogP contribution in [-0.2, 0) is 0 Å². The Morgan fingerprint density at radius 1 is 1.56 bits per heavy atom. The SMILES string of the molecule is CCCCC(C)CN=N. The maximum Gasteiger partial charge on any atom is 0.0621 e. The average Bonchev–Trinajstić information content (AvgIpc) is 1.85. The summed E-state index contributed by atoms with van der Waals surface area (Å²) in [6.07, 6.45) is 3.75. The van der Waals surface area contributed by atoms with Crippen molar-refractivity contribution in [3.05, 3.63) is 0 Å². The van der Waals surface area contributed by atoms with Crippen LogP contribution in [0, 0.1) is 11.4 Å². The van der Waals surface area contributed by atoms with Gasteiger partial charge in [-0.1, -0.05) is 26.7 Å². The molecule has 0 aromatic rings. The van der Waals surface area contributed by atoms with Gasteiger partial charge in [0.15, 0.2) is 0 Å². The molecule has 1 N–H and O–H groups in total. The number of hydrogen-bond donors (Lipinski definition) is 1. The average molecular weight is 128 g/mol. The van der Waals surface area contributed by atoms with Gasteiger partial charge in [-0.15, -0.1) is 0 Å². The molecule has 0 amide bonds. The van der Waals surface area contributed by atoms with Gasteiger partial charge in [-0.2, -0.15) is 5.11 Å². The molecule has 2 heteroatoms. The van der Waals surface area contributed by atoms with Crippen LogP contribution >= 0.6 is 0 Å². The topological polar surface area (TPSA) is 36.2 Å². The Labute approximate surface area is 57.2 Å². The van der Waals surface area contributed by atoms with Crippen LogP contribution in [0.15, 0.2) is 5.11 Å². The van der Waals surface area contributed by atoms with Crippen molar-refractivity contribution in [3.63, 3.8) is 0 Å². The van der Waals surface area contributed by atoms with Crippen LogP contribution in [0.4, 0.5) is 0 Å². The van der Waals surface area contributed by atoms with E-state index in [1.807, 2.05) is 0 Å². The van der Waals surface area contributed by atoms with Gasteiger partial charge in [0.25, 0.3) is 0 Å². The first-order valence-electron chi connectivity index (χ1n) is 3.64. The summed E-state index contributed by atoms with van der Waals surface area (Å²) < 4.78 is 0. The van der Waals surface area contributed by atoms with Gasteiger partial charge in [-0.3, -0.25) is 0 Å². The lowest BCUT2D eigenvalue weighted by Crippen LogP contribution is -1.97. The minimum absolute atomic E-state index is 0.613. The number of unbranched alkanes of at least 4 members (excludes halogenated alkanes) is 1. The molecule has 0 aliphatic carbocycles. The van der Waals surface area contributed by atoms with Gasteiger partial charge in [0.2, 0.25) is 0 Å². The molecule has 0 fully saturated rings. The van der Waals surface area contributed by atoms with Crippen molar-refractivity contribution in [2.45, 2.75) is 33.1 Å². The number of hydrogen-bond acceptors (Lipinski definition) is 2. The highest BCUT2D eigenvalue weighted by molar-refractivity contribution is 4.52. The fraction of sp³-hybridized carbons (Fsp3) is 1.00. The van der Waals surface area contributed by atoms with Crippen LogP contribution in [0.2, 0.25) is 0 Å². The molecule has 0 aliphatic heterocycles. The third kappa shape index (κ3) is 5.47. The van der Waals surface area contributed by atoms with Gasteiger partial charge in [0.05, 0.1) is 6.54 Å². The van der Waals surface area contributed by atoms with Crippen LogP contribution < -0.4 is 0 Å². The van der Waals surface area contributed by atoms with Crippen molar-refractivity contribution in [2.24, 2.45) is 11.0 Å². The van der Waals surface area contributed by atoms with Crippen molar-refractivity contribution in [2.75, 3.05) is 6.54 Å². The zero-order chi connectivity index (χ0) is 7.11. The lowest BCUT2D eigenvalue weighted by molar-refractivity contribution is 0.505. The fourth-order valence-corrected chi connectivity index (χ4v) is 0.800. The third-order valence-corrected chi connectivity index (χ3v) is 1.45. The highest BCUT2D eigenvalue weighted by atomic mass is 14.9. The minimum Gasteiger partial charge on any atom is -0.210 e. The zero-order valence-corrected chi connectivity index (χ0v) is 6.35. The zero-order valence-electron chi connectivity index (χ0n) is 6.35. The molecule has 0 spiro atoms. The van der Waals surface area contributed by atoms with Crippen molar-refractivity contribution in [3.8, 4) is 0 Å². The first-order chi connectivity index (χ1) is 4.31. The quantitative estimate of drug-likeness (QED) is 0.553. The molecule has 0 aromatic heterocycles. The van der Waals surface area contributed by atoms with E-state index in [1.165, 1.54) is 19.3 Å². The van der Waals surface area contributed by atoms with E-state index in [-0.39, 0.29) is 0 Å². The van der Waals surface area contributed by atoms with Gasteiger partial charge in [-0.25, -0.2) is 5.53 Å². The summed E-state index contributed by atoms with van der Waals surface area (Å²) in [5.41, 5.74) is 6.59. The second kappa shape index (κ2) is 5.73. The van der Waals surface area contributed by atoms with Gasteiger partial charge in [0.1, 0.15) is 0 Å². The molecule has 54 valence electrons. The third-order valence-electron chi connectivity index (χ3n) is 1.45. The summed E-state index contributed by atoms with van der Waals surface area (Å²) >= 11 is 0. The van der Waals surface area contributed by atoms with Gasteiger partial charge < -0.3 is 0 Å². The van der Waals surface area contributed by atoms with Crippen LogP contribution in [0.5, 0.6) is 0 Å². The Bertz CT molecular complexity index is 71.3. The van der Waals surface area contributed by atoms with E-state index >= 15 is 0 Å². The largest absolute Gasteiger partial charge is 0.210 e. The molecule has 0 saturated heterocycles. The Balaban J connectivity index is 3.04. The molecule has 1 unspecified atom stereocenters. The lowest BCUT2D eigenvalue weighted by Gasteiger charge is -2.03. The van der Waals surface area contributed by atoms with Crippen LogP contribution in [0.1, 0.15) is 33.1 Å². The Kier molecular flexibility index (Phi) is 5.48. The smallest absolute Gasteiger partial charge is 0.0621 e. The predicted octanol–water partition coefficient (Wildman–Crippen LogP) is 2.84. The van der Waals surface area contributed by atoms with E-state index in [0.29, 0.717) is 12.5 Å². The number of nitrogens with zero attached hydrogens (tertiary/aromatic N) is 1. The molecule has 0 bridgehead atoms. The Morgan fingerprint density at radius 3 is 2.67 bits per heavy atom. The summed E-state index contributed by atoms with van der Waals surface area (Å²) in [6.45, 7) is 5.04. The molecule has 0 heterocycles. The molecule has 1 atom stereocenters. The van der Waals surface area contributed by atoms with Crippen LogP contribution in [-0.4, -0.2) is 6.54 Å². The van der Waals surface area contributed by atoms with Crippen molar-refractivity contribution in [1.29, 1.82) is 5.53 Å². The maximum absolute atomic E-state index is 6.59. The molecule has 0 radical (unpaired) electrons. The van der Waals surface area contributed by atoms with E-state index in [9.17, 15) is 0 Å². The normalized spacial score (nSPS) is 13.1. The maximum atomic E-state index is 6.59. The van der Waals surface area contributed by atoms with Crippen LogP contribution in [0.25, 0.3) is 0 Å². The highest BCUT2D eigenvalue weighted by Gasteiger charge is 1.97. The molecule has 9 heavy (non-hydrogen) atoms. The summed E-state index contributed by atoms with van der Waals surface area (Å²) in [5.74, 6) is 0.613. The lowest BCUT2D eigenvalue weighted by atomic mass is 10.1. The second-order valence-electron chi connectivity index (χ2n) is 2.59. The van der Waals surface area contributed by atoms with E-state index < -0.39 is 0 Å². The first kappa shape index (κ1) is 8.60. The molecule has 0 saturated carbocycles. The van der Waals surface area contributed by atoms with Crippen molar-refractivity contribution in [1.82, 2.24) is 0 Å². The van der Waals surface area contributed by atoms with Gasteiger partial charge in [-0.05, 0) is 12.3 Å². The first-order valence-corrected chi connectivity index (χ1v) is 3.64. The van der Waals surface area contributed by atoms with Gasteiger partial charge >= 0.3 is 0 Å². The molecule has 0 rings (SSSR count).